The summed E-state index contributed by atoms with van der Waals surface area (Å²) >= 11 is 1.51. The molecular weight excluding hydrogens is 286 g/mol. The first kappa shape index (κ1) is 14.2. The summed E-state index contributed by atoms with van der Waals surface area (Å²) in [4.78, 5) is 9.12. The van der Waals surface area contributed by atoms with Gasteiger partial charge < -0.3 is 5.32 Å². The first-order chi connectivity index (χ1) is 10.3. The predicted octanol–water partition coefficient (Wildman–Crippen LogP) is 2.33. The van der Waals surface area contributed by atoms with Gasteiger partial charge in [-0.15, -0.1) is 5.10 Å². The molecule has 0 saturated heterocycles. The zero-order valence-electron chi connectivity index (χ0n) is 12.3. The minimum atomic E-state index is 0.465. The third-order valence-corrected chi connectivity index (χ3v) is 4.00. The van der Waals surface area contributed by atoms with Gasteiger partial charge in [0.05, 0.1) is 6.04 Å². The van der Waals surface area contributed by atoms with E-state index in [1.807, 2.05) is 10.7 Å². The summed E-state index contributed by atoms with van der Waals surface area (Å²) < 4.78 is 1.90. The Balaban J connectivity index is 1.84. The number of aryl methyl sites for hydroxylation is 1. The van der Waals surface area contributed by atoms with Crippen LogP contribution in [0.15, 0.2) is 16.2 Å². The number of hydrogen-bond donors (Lipinski definition) is 1. The second kappa shape index (κ2) is 6.38. The Bertz CT molecular complexity index is 584. The average Bonchev–Trinajstić information content (AvgIpc) is 3.20. The van der Waals surface area contributed by atoms with Crippen molar-refractivity contribution in [3.63, 3.8) is 0 Å². The maximum Gasteiger partial charge on any atom is 0.215 e. The Morgan fingerprint density at radius 2 is 2.19 bits per heavy atom. The summed E-state index contributed by atoms with van der Waals surface area (Å²) in [5.74, 6) is 1.73. The first-order valence-corrected chi connectivity index (χ1v) is 8.19. The molecule has 2 heterocycles. The van der Waals surface area contributed by atoms with Crippen LogP contribution in [0.25, 0.3) is 0 Å². The molecule has 21 heavy (non-hydrogen) atoms. The van der Waals surface area contributed by atoms with Crippen LogP contribution in [0.5, 0.6) is 0 Å². The van der Waals surface area contributed by atoms with Gasteiger partial charge in [-0.2, -0.15) is 0 Å². The Morgan fingerprint density at radius 3 is 2.90 bits per heavy atom. The van der Waals surface area contributed by atoms with Crippen molar-refractivity contribution in [3.8, 4) is 0 Å². The van der Waals surface area contributed by atoms with Crippen molar-refractivity contribution in [2.45, 2.75) is 55.8 Å². The van der Waals surface area contributed by atoms with Crippen LogP contribution >= 0.6 is 11.8 Å². The van der Waals surface area contributed by atoms with Crippen LogP contribution < -0.4 is 5.32 Å². The molecule has 7 nitrogen and oxygen atoms in total. The maximum absolute atomic E-state index is 4.60. The molecule has 0 bridgehead atoms. The van der Waals surface area contributed by atoms with E-state index in [0.717, 1.165) is 54.1 Å². The topological polar surface area (TPSA) is 81.4 Å². The summed E-state index contributed by atoms with van der Waals surface area (Å²) in [6.07, 6.45) is 4.22. The molecule has 0 spiro atoms. The van der Waals surface area contributed by atoms with Gasteiger partial charge in [0.15, 0.2) is 0 Å². The predicted molar refractivity (Wildman–Crippen MR) is 80.4 cm³/mol. The monoisotopic (exact) mass is 305 g/mol. The van der Waals surface area contributed by atoms with Gasteiger partial charge in [-0.05, 0) is 48.4 Å². The Morgan fingerprint density at radius 1 is 1.33 bits per heavy atom. The van der Waals surface area contributed by atoms with Crippen molar-refractivity contribution in [2.75, 3.05) is 11.9 Å². The van der Waals surface area contributed by atoms with Crippen LogP contribution in [0.4, 0.5) is 5.82 Å². The second-order valence-corrected chi connectivity index (χ2v) is 6.01. The maximum atomic E-state index is 4.60. The van der Waals surface area contributed by atoms with Gasteiger partial charge in [0, 0.05) is 19.0 Å². The van der Waals surface area contributed by atoms with Gasteiger partial charge in [-0.1, -0.05) is 6.92 Å². The molecule has 0 radical (unpaired) electrons. The molecule has 8 heteroatoms. The lowest BCUT2D eigenvalue weighted by Crippen LogP contribution is -2.05. The van der Waals surface area contributed by atoms with Gasteiger partial charge in [0.25, 0.3) is 0 Å². The fourth-order valence-electron chi connectivity index (χ4n) is 2.03. The molecule has 0 amide bonds. The lowest BCUT2D eigenvalue weighted by molar-refractivity contribution is 0.565. The highest BCUT2D eigenvalue weighted by Crippen LogP contribution is 2.37. The highest BCUT2D eigenvalue weighted by molar-refractivity contribution is 7.99. The molecule has 1 saturated carbocycles. The number of rotatable bonds is 7. The Labute approximate surface area is 127 Å². The van der Waals surface area contributed by atoms with Crippen molar-refractivity contribution in [2.24, 2.45) is 0 Å². The molecule has 1 fully saturated rings. The van der Waals surface area contributed by atoms with E-state index in [0.29, 0.717) is 6.04 Å². The van der Waals surface area contributed by atoms with Crippen LogP contribution in [-0.4, -0.2) is 36.7 Å². The van der Waals surface area contributed by atoms with Crippen LogP contribution in [-0.2, 0) is 6.42 Å². The van der Waals surface area contributed by atoms with E-state index in [2.05, 4.69) is 44.7 Å². The number of aromatic nitrogens is 6. The highest BCUT2D eigenvalue weighted by atomic mass is 32.2. The van der Waals surface area contributed by atoms with E-state index < -0.39 is 0 Å². The normalized spacial score (nSPS) is 14.4. The number of hydrogen-bond acceptors (Lipinski definition) is 7. The molecule has 1 N–H and O–H groups in total. The van der Waals surface area contributed by atoms with Crippen molar-refractivity contribution in [3.05, 3.63) is 11.9 Å². The second-order valence-electron chi connectivity index (χ2n) is 5.03. The number of anilines is 1. The molecule has 1 aliphatic rings. The van der Waals surface area contributed by atoms with E-state index in [4.69, 9.17) is 0 Å². The summed E-state index contributed by atoms with van der Waals surface area (Å²) in [5.41, 5.74) is 0. The van der Waals surface area contributed by atoms with Crippen molar-refractivity contribution in [1.29, 1.82) is 0 Å². The lowest BCUT2D eigenvalue weighted by atomic mass is 10.3. The molecular formula is C13H19N7S. The van der Waals surface area contributed by atoms with Crippen molar-refractivity contribution < 1.29 is 0 Å². The first-order valence-electron chi connectivity index (χ1n) is 7.37. The smallest absolute Gasteiger partial charge is 0.215 e. The SMILES string of the molecule is CCCc1nc(NCC)cc(Sc2nnnn2C2CC2)n1. The van der Waals surface area contributed by atoms with E-state index in [-0.39, 0.29) is 0 Å². The number of tetrazole rings is 1. The molecule has 0 aromatic carbocycles. The zero-order valence-corrected chi connectivity index (χ0v) is 13.1. The average molecular weight is 305 g/mol. The quantitative estimate of drug-likeness (QED) is 0.786. The lowest BCUT2D eigenvalue weighted by Gasteiger charge is -2.08. The fourth-order valence-corrected chi connectivity index (χ4v) is 2.89. The van der Waals surface area contributed by atoms with Crippen molar-refractivity contribution >= 4 is 17.6 Å². The van der Waals surface area contributed by atoms with Gasteiger partial charge in [0.2, 0.25) is 5.16 Å². The minimum absolute atomic E-state index is 0.465. The summed E-state index contributed by atoms with van der Waals surface area (Å²) in [6, 6.07) is 2.42. The molecule has 2 aromatic rings. The highest BCUT2D eigenvalue weighted by Gasteiger charge is 2.28. The third kappa shape index (κ3) is 3.49. The summed E-state index contributed by atoms with van der Waals surface area (Å²) in [5, 5.41) is 16.9. The largest absolute Gasteiger partial charge is 0.370 e. The third-order valence-electron chi connectivity index (χ3n) is 3.13. The summed E-state index contributed by atoms with van der Waals surface area (Å²) in [6.45, 7) is 5.03. The van der Waals surface area contributed by atoms with Gasteiger partial charge in [-0.3, -0.25) is 0 Å². The van der Waals surface area contributed by atoms with E-state index in [9.17, 15) is 0 Å². The van der Waals surface area contributed by atoms with Crippen LogP contribution in [0.3, 0.4) is 0 Å². The van der Waals surface area contributed by atoms with Crippen molar-refractivity contribution in [1.82, 2.24) is 30.2 Å². The minimum Gasteiger partial charge on any atom is -0.370 e. The van der Waals surface area contributed by atoms with Crippen LogP contribution in [0.2, 0.25) is 0 Å². The Hall–Kier alpha value is -1.70. The molecule has 0 aliphatic heterocycles. The Kier molecular flexibility index (Phi) is 4.33. The molecule has 2 aromatic heterocycles. The van der Waals surface area contributed by atoms with E-state index >= 15 is 0 Å². The molecule has 0 atom stereocenters. The van der Waals surface area contributed by atoms with Gasteiger partial charge in [-0.25, -0.2) is 14.6 Å². The summed E-state index contributed by atoms with van der Waals surface area (Å²) in [7, 11) is 0. The van der Waals surface area contributed by atoms with Crippen LogP contribution in [0, 0.1) is 0 Å². The van der Waals surface area contributed by atoms with Crippen LogP contribution in [0.1, 0.15) is 45.0 Å². The van der Waals surface area contributed by atoms with E-state index in [1.54, 1.807) is 0 Å². The molecule has 112 valence electrons. The van der Waals surface area contributed by atoms with E-state index in [1.165, 1.54) is 11.8 Å². The molecule has 3 rings (SSSR count). The van der Waals surface area contributed by atoms with Gasteiger partial charge >= 0.3 is 0 Å². The molecule has 0 unspecified atom stereocenters. The number of nitrogens with zero attached hydrogens (tertiary/aromatic N) is 6. The number of nitrogens with one attached hydrogen (secondary N) is 1. The molecule has 1 aliphatic carbocycles. The van der Waals surface area contributed by atoms with Gasteiger partial charge in [0.1, 0.15) is 16.7 Å². The zero-order chi connectivity index (χ0) is 14.7. The standard InChI is InChI=1S/C13H19N7S/c1-3-5-10-15-11(14-4-2)8-12(16-10)21-13-17-18-19-20(13)9-6-7-9/h8-9H,3-7H2,1-2H3,(H,14,15,16). The fraction of sp³-hybridized carbons (Fsp3) is 0.615.